The molecule has 0 bridgehead atoms. The number of para-hydroxylation sites is 1. The van der Waals surface area contributed by atoms with Crippen molar-refractivity contribution in [3.8, 4) is 0 Å². The molecule has 2 aliphatic rings. The number of piperazine rings is 1. The van der Waals surface area contributed by atoms with E-state index in [9.17, 15) is 9.59 Å². The first kappa shape index (κ1) is 16.6. The van der Waals surface area contributed by atoms with Gasteiger partial charge in [-0.1, -0.05) is 18.2 Å². The second-order valence-corrected chi connectivity index (χ2v) is 6.80. The minimum atomic E-state index is -0.0462. The van der Waals surface area contributed by atoms with Crippen LogP contribution in [0.4, 0.5) is 11.4 Å². The first-order chi connectivity index (χ1) is 12.7. The van der Waals surface area contributed by atoms with E-state index in [4.69, 9.17) is 0 Å². The molecule has 26 heavy (non-hydrogen) atoms. The zero-order valence-electron chi connectivity index (χ0n) is 14.6. The molecule has 1 aromatic heterocycles. The normalized spacial score (nSPS) is 17.1. The van der Waals surface area contributed by atoms with Crippen LogP contribution < -0.4 is 5.32 Å². The maximum atomic E-state index is 13.0. The van der Waals surface area contributed by atoms with E-state index in [1.165, 1.54) is 0 Å². The average molecular weight is 350 g/mol. The number of amides is 2. The summed E-state index contributed by atoms with van der Waals surface area (Å²) in [6.45, 7) is 2.36. The first-order valence-corrected chi connectivity index (χ1v) is 9.06. The lowest BCUT2D eigenvalue weighted by atomic mass is 10.1. The van der Waals surface area contributed by atoms with E-state index in [0.717, 1.165) is 24.2 Å². The minimum Gasteiger partial charge on any atom is -0.355 e. The predicted molar refractivity (Wildman–Crippen MR) is 99.2 cm³/mol. The lowest BCUT2D eigenvalue weighted by Crippen LogP contribution is -2.51. The fourth-order valence-electron chi connectivity index (χ4n) is 3.24. The molecule has 1 aromatic carbocycles. The third-order valence-corrected chi connectivity index (χ3v) is 4.91. The number of benzene rings is 1. The number of nitrogens with zero attached hydrogens (tertiary/aromatic N) is 3. The summed E-state index contributed by atoms with van der Waals surface area (Å²) in [5, 5.41) is 3.29. The molecule has 2 fully saturated rings. The molecule has 0 unspecified atom stereocenters. The van der Waals surface area contributed by atoms with Crippen LogP contribution in [0, 0.1) is 5.92 Å². The van der Waals surface area contributed by atoms with Crippen LogP contribution in [0.15, 0.2) is 48.8 Å². The molecule has 0 atom stereocenters. The van der Waals surface area contributed by atoms with Gasteiger partial charge < -0.3 is 15.1 Å². The summed E-state index contributed by atoms with van der Waals surface area (Å²) in [7, 11) is 0. The standard InChI is InChI=1S/C20H22N4O2/c25-19(15-6-7-15)23-10-12-24(13-11-23)20(26)17-14-21-9-8-18(17)22-16-4-2-1-3-5-16/h1-5,8-9,14-15H,6-7,10-13H2,(H,21,22). The maximum Gasteiger partial charge on any atom is 0.257 e. The van der Waals surface area contributed by atoms with Gasteiger partial charge in [-0.05, 0) is 31.0 Å². The summed E-state index contributed by atoms with van der Waals surface area (Å²) < 4.78 is 0. The highest BCUT2D eigenvalue weighted by atomic mass is 16.2. The summed E-state index contributed by atoms with van der Waals surface area (Å²) in [6, 6.07) is 11.6. The number of pyridine rings is 1. The average Bonchev–Trinajstić information content (AvgIpc) is 3.54. The quantitative estimate of drug-likeness (QED) is 0.920. The molecule has 1 aliphatic heterocycles. The highest BCUT2D eigenvalue weighted by molar-refractivity contribution is 6.00. The number of nitrogens with one attached hydrogen (secondary N) is 1. The SMILES string of the molecule is O=C(c1cnccc1Nc1ccccc1)N1CCN(C(=O)C2CC2)CC1. The molecule has 1 aliphatic carbocycles. The van der Waals surface area contributed by atoms with Crippen LogP contribution in [0.25, 0.3) is 0 Å². The Hall–Kier alpha value is -2.89. The molecule has 1 N–H and O–H groups in total. The van der Waals surface area contributed by atoms with Crippen molar-refractivity contribution in [2.24, 2.45) is 5.92 Å². The Balaban J connectivity index is 1.44. The zero-order valence-corrected chi connectivity index (χ0v) is 14.6. The van der Waals surface area contributed by atoms with Gasteiger partial charge in [0.25, 0.3) is 5.91 Å². The van der Waals surface area contributed by atoms with Gasteiger partial charge in [0.2, 0.25) is 5.91 Å². The third-order valence-electron chi connectivity index (χ3n) is 4.91. The van der Waals surface area contributed by atoms with Crippen LogP contribution in [0.2, 0.25) is 0 Å². The van der Waals surface area contributed by atoms with Gasteiger partial charge in [0.15, 0.2) is 0 Å². The molecule has 6 heteroatoms. The van der Waals surface area contributed by atoms with Crippen molar-refractivity contribution >= 4 is 23.2 Å². The Morgan fingerprint density at radius 2 is 1.65 bits per heavy atom. The number of carbonyl (C=O) groups is 2. The van der Waals surface area contributed by atoms with E-state index in [2.05, 4.69) is 10.3 Å². The molecular weight excluding hydrogens is 328 g/mol. The summed E-state index contributed by atoms with van der Waals surface area (Å²) in [6.07, 6.45) is 5.31. The highest BCUT2D eigenvalue weighted by Gasteiger charge is 2.35. The van der Waals surface area contributed by atoms with Gasteiger partial charge in [-0.25, -0.2) is 0 Å². The van der Waals surface area contributed by atoms with Gasteiger partial charge >= 0.3 is 0 Å². The maximum absolute atomic E-state index is 13.0. The summed E-state index contributed by atoms with van der Waals surface area (Å²) >= 11 is 0. The number of rotatable bonds is 4. The van der Waals surface area contributed by atoms with E-state index < -0.39 is 0 Å². The van der Waals surface area contributed by atoms with Crippen molar-refractivity contribution in [3.05, 3.63) is 54.4 Å². The smallest absolute Gasteiger partial charge is 0.257 e. The van der Waals surface area contributed by atoms with Gasteiger partial charge in [-0.2, -0.15) is 0 Å². The van der Waals surface area contributed by atoms with Gasteiger partial charge in [0.05, 0.1) is 11.3 Å². The third kappa shape index (κ3) is 3.54. The molecule has 0 spiro atoms. The predicted octanol–water partition coefficient (Wildman–Crippen LogP) is 2.52. The van der Waals surface area contributed by atoms with E-state index >= 15 is 0 Å². The van der Waals surface area contributed by atoms with Crippen molar-refractivity contribution < 1.29 is 9.59 Å². The summed E-state index contributed by atoms with van der Waals surface area (Å²) in [4.78, 5) is 33.0. The van der Waals surface area contributed by atoms with Crippen LogP contribution in [0.3, 0.4) is 0 Å². The van der Waals surface area contributed by atoms with E-state index in [1.807, 2.05) is 46.2 Å². The molecule has 6 nitrogen and oxygen atoms in total. The molecule has 0 radical (unpaired) electrons. The van der Waals surface area contributed by atoms with Gasteiger partial charge in [-0.15, -0.1) is 0 Å². The first-order valence-electron chi connectivity index (χ1n) is 9.06. The van der Waals surface area contributed by atoms with E-state index in [-0.39, 0.29) is 17.7 Å². The molecule has 1 saturated heterocycles. The highest BCUT2D eigenvalue weighted by Crippen LogP contribution is 2.31. The molecule has 1 saturated carbocycles. The van der Waals surface area contributed by atoms with Crippen molar-refractivity contribution in [1.29, 1.82) is 0 Å². The van der Waals surface area contributed by atoms with E-state index in [0.29, 0.717) is 31.7 Å². The van der Waals surface area contributed by atoms with Crippen molar-refractivity contribution in [2.45, 2.75) is 12.8 Å². The van der Waals surface area contributed by atoms with Gasteiger partial charge in [0.1, 0.15) is 0 Å². The van der Waals surface area contributed by atoms with Crippen LogP contribution in [-0.4, -0.2) is 52.8 Å². The van der Waals surface area contributed by atoms with Crippen LogP contribution in [0.1, 0.15) is 23.2 Å². The zero-order chi connectivity index (χ0) is 17.9. The lowest BCUT2D eigenvalue weighted by molar-refractivity contribution is -0.134. The number of aromatic nitrogens is 1. The van der Waals surface area contributed by atoms with Gasteiger partial charge in [0, 0.05) is 50.2 Å². The summed E-state index contributed by atoms with van der Waals surface area (Å²) in [5.74, 6) is 0.442. The van der Waals surface area contributed by atoms with Crippen LogP contribution >= 0.6 is 0 Å². The Labute approximate surface area is 152 Å². The van der Waals surface area contributed by atoms with Gasteiger partial charge in [-0.3, -0.25) is 14.6 Å². The Kier molecular flexibility index (Phi) is 4.56. The Bertz CT molecular complexity index is 796. The second-order valence-electron chi connectivity index (χ2n) is 6.80. The Morgan fingerprint density at radius 1 is 0.962 bits per heavy atom. The molecule has 2 aromatic rings. The Morgan fingerprint density at radius 3 is 2.35 bits per heavy atom. The minimum absolute atomic E-state index is 0.0462. The molecule has 134 valence electrons. The number of hydrogen-bond acceptors (Lipinski definition) is 4. The molecule has 2 heterocycles. The monoisotopic (exact) mass is 350 g/mol. The van der Waals surface area contributed by atoms with Crippen LogP contribution in [0.5, 0.6) is 0 Å². The molecular formula is C20H22N4O2. The fraction of sp³-hybridized carbons (Fsp3) is 0.350. The largest absolute Gasteiger partial charge is 0.355 e. The number of carbonyl (C=O) groups excluding carboxylic acids is 2. The summed E-state index contributed by atoms with van der Waals surface area (Å²) in [5.41, 5.74) is 2.22. The topological polar surface area (TPSA) is 65.5 Å². The fourth-order valence-corrected chi connectivity index (χ4v) is 3.24. The van der Waals surface area contributed by atoms with Crippen molar-refractivity contribution in [3.63, 3.8) is 0 Å². The second kappa shape index (κ2) is 7.15. The number of anilines is 2. The van der Waals surface area contributed by atoms with Crippen LogP contribution in [-0.2, 0) is 4.79 Å². The van der Waals surface area contributed by atoms with Crippen molar-refractivity contribution in [1.82, 2.24) is 14.8 Å². The lowest BCUT2D eigenvalue weighted by Gasteiger charge is -2.35. The number of hydrogen-bond donors (Lipinski definition) is 1. The molecule has 2 amide bonds. The van der Waals surface area contributed by atoms with E-state index in [1.54, 1.807) is 12.4 Å². The molecule has 4 rings (SSSR count). The van der Waals surface area contributed by atoms with Crippen molar-refractivity contribution in [2.75, 3.05) is 31.5 Å².